The summed E-state index contributed by atoms with van der Waals surface area (Å²) in [4.78, 5) is 28.0. The Morgan fingerprint density at radius 1 is 1.03 bits per heavy atom. The van der Waals surface area contributed by atoms with Gasteiger partial charge in [-0.25, -0.2) is 17.2 Å². The van der Waals surface area contributed by atoms with Crippen molar-refractivity contribution in [2.75, 3.05) is 17.1 Å². The van der Waals surface area contributed by atoms with Gasteiger partial charge in [0.2, 0.25) is 21.8 Å². The third kappa shape index (κ3) is 8.54. The minimum absolute atomic E-state index is 0.0251. The summed E-state index contributed by atoms with van der Waals surface area (Å²) in [5.41, 5.74) is 0.427. The lowest BCUT2D eigenvalue weighted by Gasteiger charge is -2.32. The molecule has 2 atom stereocenters. The highest BCUT2D eigenvalue weighted by Gasteiger charge is 2.30. The zero-order valence-corrected chi connectivity index (χ0v) is 24.1. The molecular formula is C26H33Cl2F2N3O4S. The topological polar surface area (TPSA) is 86.8 Å². The summed E-state index contributed by atoms with van der Waals surface area (Å²) in [5, 5.41) is 3.59. The predicted molar refractivity (Wildman–Crippen MR) is 147 cm³/mol. The Hall–Kier alpha value is -2.43. The van der Waals surface area contributed by atoms with Crippen LogP contribution in [0.2, 0.25) is 10.0 Å². The summed E-state index contributed by atoms with van der Waals surface area (Å²) in [5.74, 6) is -3.02. The van der Waals surface area contributed by atoms with Crippen LogP contribution in [0.15, 0.2) is 36.4 Å². The molecule has 12 heteroatoms. The Bertz CT molecular complexity index is 1230. The van der Waals surface area contributed by atoms with Crippen LogP contribution in [0.25, 0.3) is 0 Å². The quantitative estimate of drug-likeness (QED) is 0.331. The molecule has 0 aliphatic rings. The lowest BCUT2D eigenvalue weighted by Crippen LogP contribution is -2.50. The number of nitrogens with zero attached hydrogens (tertiary/aromatic N) is 2. The van der Waals surface area contributed by atoms with Gasteiger partial charge in [-0.1, -0.05) is 43.1 Å². The average Bonchev–Trinajstić information content (AvgIpc) is 2.84. The SMILES string of the molecule is CC[C@@H](C)NC(=O)[C@@H](CC)N(Cc1c(Cl)cccc1Cl)C(=O)CCCN(c1ccc(F)c(F)c1)S(C)(=O)=O. The van der Waals surface area contributed by atoms with E-state index in [0.717, 1.165) is 28.8 Å². The van der Waals surface area contributed by atoms with Crippen molar-refractivity contribution in [3.63, 3.8) is 0 Å². The van der Waals surface area contributed by atoms with E-state index in [1.54, 1.807) is 25.1 Å². The van der Waals surface area contributed by atoms with Gasteiger partial charge in [-0.3, -0.25) is 13.9 Å². The maximum Gasteiger partial charge on any atom is 0.243 e. The molecule has 0 saturated carbocycles. The van der Waals surface area contributed by atoms with Gasteiger partial charge in [0.1, 0.15) is 6.04 Å². The zero-order valence-electron chi connectivity index (χ0n) is 21.8. The number of carbonyl (C=O) groups is 2. The molecule has 2 rings (SSSR count). The van der Waals surface area contributed by atoms with Crippen LogP contribution < -0.4 is 9.62 Å². The predicted octanol–water partition coefficient (Wildman–Crippen LogP) is 5.54. The number of rotatable bonds is 13. The monoisotopic (exact) mass is 591 g/mol. The Morgan fingerprint density at radius 2 is 1.66 bits per heavy atom. The second-order valence-electron chi connectivity index (χ2n) is 9.00. The van der Waals surface area contributed by atoms with Gasteiger partial charge in [0.05, 0.1) is 11.9 Å². The Kier molecular flexibility index (Phi) is 11.8. The Morgan fingerprint density at radius 3 is 2.18 bits per heavy atom. The van der Waals surface area contributed by atoms with Gasteiger partial charge in [-0.15, -0.1) is 0 Å². The average molecular weight is 593 g/mol. The van der Waals surface area contributed by atoms with Gasteiger partial charge in [-0.2, -0.15) is 0 Å². The molecule has 210 valence electrons. The van der Waals surface area contributed by atoms with E-state index >= 15 is 0 Å². The van der Waals surface area contributed by atoms with Gasteiger partial charge in [0.25, 0.3) is 0 Å². The van der Waals surface area contributed by atoms with Gasteiger partial charge < -0.3 is 10.2 Å². The van der Waals surface area contributed by atoms with Gasteiger partial charge in [0, 0.05) is 47.2 Å². The van der Waals surface area contributed by atoms with Crippen molar-refractivity contribution in [3.8, 4) is 0 Å². The molecular weight excluding hydrogens is 559 g/mol. The Balaban J connectivity index is 2.30. The summed E-state index contributed by atoms with van der Waals surface area (Å²) >= 11 is 12.7. The summed E-state index contributed by atoms with van der Waals surface area (Å²) in [6, 6.07) is 6.80. The van der Waals surface area contributed by atoms with E-state index in [1.807, 2.05) is 13.8 Å². The van der Waals surface area contributed by atoms with Crippen molar-refractivity contribution >= 4 is 50.7 Å². The number of hydrogen-bond acceptors (Lipinski definition) is 4. The first kappa shape index (κ1) is 31.8. The van der Waals surface area contributed by atoms with Crippen molar-refractivity contribution in [3.05, 3.63) is 63.6 Å². The molecule has 0 unspecified atom stereocenters. The van der Waals surface area contributed by atoms with Gasteiger partial charge in [0.15, 0.2) is 11.6 Å². The van der Waals surface area contributed by atoms with E-state index in [4.69, 9.17) is 23.2 Å². The minimum Gasteiger partial charge on any atom is -0.352 e. The van der Waals surface area contributed by atoms with Crippen LogP contribution in [0.4, 0.5) is 14.5 Å². The van der Waals surface area contributed by atoms with E-state index in [-0.39, 0.29) is 43.6 Å². The molecule has 0 spiro atoms. The molecule has 38 heavy (non-hydrogen) atoms. The van der Waals surface area contributed by atoms with Gasteiger partial charge >= 0.3 is 0 Å². The van der Waals surface area contributed by atoms with Crippen LogP contribution in [0.1, 0.15) is 52.0 Å². The van der Waals surface area contributed by atoms with Crippen LogP contribution in [-0.2, 0) is 26.2 Å². The molecule has 0 bridgehead atoms. The van der Waals surface area contributed by atoms with E-state index in [1.165, 1.54) is 4.90 Å². The number of amides is 2. The van der Waals surface area contributed by atoms with Crippen molar-refractivity contribution in [1.82, 2.24) is 10.2 Å². The lowest BCUT2D eigenvalue weighted by atomic mass is 10.1. The molecule has 2 amide bonds. The van der Waals surface area contributed by atoms with Crippen molar-refractivity contribution in [1.29, 1.82) is 0 Å². The first-order valence-electron chi connectivity index (χ1n) is 12.3. The largest absolute Gasteiger partial charge is 0.352 e. The van der Waals surface area contributed by atoms with Crippen molar-refractivity contribution < 1.29 is 26.8 Å². The number of benzene rings is 2. The first-order valence-corrected chi connectivity index (χ1v) is 14.9. The van der Waals surface area contributed by atoms with E-state index < -0.39 is 33.6 Å². The fraction of sp³-hybridized carbons (Fsp3) is 0.462. The maximum atomic E-state index is 13.8. The summed E-state index contributed by atoms with van der Waals surface area (Å²) in [6.45, 7) is 5.39. The smallest absolute Gasteiger partial charge is 0.243 e. The van der Waals surface area contributed by atoms with Crippen LogP contribution in [0.3, 0.4) is 0 Å². The molecule has 0 aliphatic heterocycles. The fourth-order valence-corrected chi connectivity index (χ4v) is 5.33. The number of nitrogens with one attached hydrogen (secondary N) is 1. The molecule has 2 aromatic carbocycles. The summed E-state index contributed by atoms with van der Waals surface area (Å²) in [6.07, 6.45) is 1.90. The third-order valence-corrected chi connectivity index (χ3v) is 8.02. The molecule has 0 radical (unpaired) electrons. The third-order valence-electron chi connectivity index (χ3n) is 6.12. The lowest BCUT2D eigenvalue weighted by molar-refractivity contribution is -0.141. The molecule has 7 nitrogen and oxygen atoms in total. The van der Waals surface area contributed by atoms with Crippen LogP contribution in [0, 0.1) is 11.6 Å². The van der Waals surface area contributed by atoms with Crippen LogP contribution in [0.5, 0.6) is 0 Å². The van der Waals surface area contributed by atoms with E-state index in [2.05, 4.69) is 5.32 Å². The normalized spacial score (nSPS) is 13.1. The highest BCUT2D eigenvalue weighted by atomic mass is 35.5. The van der Waals surface area contributed by atoms with E-state index in [0.29, 0.717) is 28.5 Å². The summed E-state index contributed by atoms with van der Waals surface area (Å²) < 4.78 is 52.8. The second-order valence-corrected chi connectivity index (χ2v) is 11.7. The first-order chi connectivity index (χ1) is 17.8. The number of carbonyl (C=O) groups excluding carboxylic acids is 2. The number of hydrogen-bond donors (Lipinski definition) is 1. The number of anilines is 1. The Labute approximate surface area is 233 Å². The number of halogens is 4. The molecule has 0 saturated heterocycles. The second kappa shape index (κ2) is 14.1. The maximum absolute atomic E-state index is 13.8. The minimum atomic E-state index is -3.86. The number of sulfonamides is 1. The van der Waals surface area contributed by atoms with E-state index in [9.17, 15) is 26.8 Å². The highest BCUT2D eigenvalue weighted by Crippen LogP contribution is 2.28. The fourth-order valence-electron chi connectivity index (χ4n) is 3.86. The summed E-state index contributed by atoms with van der Waals surface area (Å²) in [7, 11) is -3.86. The molecule has 0 heterocycles. The standard InChI is InChI=1S/C26H33Cl2F2N3O4S/c1-5-17(3)31-26(35)24(6-2)32(16-19-20(27)9-7-10-21(19)28)25(34)11-8-14-33(38(4,36)37)18-12-13-22(29)23(30)15-18/h7,9-10,12-13,15,17,24H,5-6,8,11,14,16H2,1-4H3,(H,31,35)/t17-,24-/m1/s1. The molecule has 0 aromatic heterocycles. The van der Waals surface area contributed by atoms with Crippen LogP contribution >= 0.6 is 23.2 Å². The molecule has 2 aromatic rings. The zero-order chi connectivity index (χ0) is 28.6. The van der Waals surface area contributed by atoms with Crippen molar-refractivity contribution in [2.24, 2.45) is 0 Å². The molecule has 0 fully saturated rings. The molecule has 1 N–H and O–H groups in total. The van der Waals surface area contributed by atoms with Crippen LogP contribution in [-0.4, -0.2) is 50.0 Å². The van der Waals surface area contributed by atoms with Crippen molar-refractivity contribution in [2.45, 2.75) is 65.1 Å². The highest BCUT2D eigenvalue weighted by molar-refractivity contribution is 7.92. The molecule has 0 aliphatic carbocycles. The van der Waals surface area contributed by atoms with Gasteiger partial charge in [-0.05, 0) is 50.5 Å².